The van der Waals surface area contributed by atoms with Crippen molar-refractivity contribution in [1.29, 1.82) is 5.26 Å². The van der Waals surface area contributed by atoms with Gasteiger partial charge in [-0.25, -0.2) is 0 Å². The predicted octanol–water partition coefficient (Wildman–Crippen LogP) is 4.70. The van der Waals surface area contributed by atoms with Gasteiger partial charge in [0.2, 0.25) is 5.91 Å². The summed E-state index contributed by atoms with van der Waals surface area (Å²) >= 11 is 1.46. The summed E-state index contributed by atoms with van der Waals surface area (Å²) in [6.45, 7) is 0. The van der Waals surface area contributed by atoms with E-state index in [1.165, 1.54) is 26.0 Å². The van der Waals surface area contributed by atoms with E-state index in [2.05, 4.69) is 16.7 Å². The Labute approximate surface area is 196 Å². The highest BCUT2D eigenvalue weighted by atomic mass is 32.2. The summed E-state index contributed by atoms with van der Waals surface area (Å²) in [7, 11) is 2.97. The number of ether oxygens (including phenoxy) is 2. The standard InChI is InChI=1S/C25H23N3O4S/c1-31-22-13-21(28-25(30)19-6-4-3-5-7-19)23(32-2)12-20(22)27-24(29)16-33-15-18-10-8-17(14-26)9-11-18/h3-13H,15-16H2,1-2H3,(H,27,29)(H,28,30). The summed E-state index contributed by atoms with van der Waals surface area (Å²) in [4.78, 5) is 25.0. The molecule has 0 aliphatic rings. The molecule has 7 nitrogen and oxygen atoms in total. The molecule has 0 aliphatic carbocycles. The lowest BCUT2D eigenvalue weighted by Gasteiger charge is -2.16. The van der Waals surface area contributed by atoms with Crippen LogP contribution in [0.25, 0.3) is 0 Å². The molecule has 168 valence electrons. The number of anilines is 2. The Kier molecular flexibility index (Phi) is 8.33. The highest BCUT2D eigenvalue weighted by Gasteiger charge is 2.16. The maximum atomic E-state index is 12.5. The zero-order valence-corrected chi connectivity index (χ0v) is 19.1. The fourth-order valence-corrected chi connectivity index (χ4v) is 3.79. The molecule has 33 heavy (non-hydrogen) atoms. The largest absolute Gasteiger partial charge is 0.494 e. The van der Waals surface area contributed by atoms with Crippen LogP contribution in [-0.2, 0) is 10.5 Å². The summed E-state index contributed by atoms with van der Waals surface area (Å²) in [5.74, 6) is 1.18. The smallest absolute Gasteiger partial charge is 0.255 e. The van der Waals surface area contributed by atoms with E-state index in [4.69, 9.17) is 14.7 Å². The molecular formula is C25H23N3O4S. The monoisotopic (exact) mass is 461 g/mol. The molecule has 0 atom stereocenters. The molecule has 0 heterocycles. The minimum Gasteiger partial charge on any atom is -0.494 e. The van der Waals surface area contributed by atoms with Gasteiger partial charge in [0.05, 0.1) is 43.0 Å². The number of carbonyl (C=O) groups excluding carboxylic acids is 2. The van der Waals surface area contributed by atoms with Crippen LogP contribution in [0, 0.1) is 11.3 Å². The van der Waals surface area contributed by atoms with Gasteiger partial charge < -0.3 is 20.1 Å². The lowest BCUT2D eigenvalue weighted by molar-refractivity contribution is -0.113. The Hall–Kier alpha value is -3.96. The fraction of sp³-hybridized carbons (Fsp3) is 0.160. The summed E-state index contributed by atoms with van der Waals surface area (Å²) in [5.41, 5.74) is 3.01. The number of methoxy groups -OCH3 is 2. The molecule has 0 unspecified atom stereocenters. The number of nitrogens with zero attached hydrogens (tertiary/aromatic N) is 1. The van der Waals surface area contributed by atoms with Gasteiger partial charge >= 0.3 is 0 Å². The molecule has 3 aromatic carbocycles. The van der Waals surface area contributed by atoms with Crippen molar-refractivity contribution in [2.75, 3.05) is 30.6 Å². The predicted molar refractivity (Wildman–Crippen MR) is 130 cm³/mol. The number of benzene rings is 3. The Morgan fingerprint density at radius 3 is 2.09 bits per heavy atom. The van der Waals surface area contributed by atoms with Gasteiger partial charge in [-0.1, -0.05) is 30.3 Å². The number of carbonyl (C=O) groups is 2. The normalized spacial score (nSPS) is 10.1. The van der Waals surface area contributed by atoms with Crippen LogP contribution in [-0.4, -0.2) is 31.8 Å². The van der Waals surface area contributed by atoms with E-state index < -0.39 is 0 Å². The molecule has 0 aromatic heterocycles. The van der Waals surface area contributed by atoms with Crippen molar-refractivity contribution < 1.29 is 19.1 Å². The second-order valence-electron chi connectivity index (χ2n) is 6.92. The Bertz CT molecular complexity index is 1160. The lowest BCUT2D eigenvalue weighted by Crippen LogP contribution is -2.16. The second kappa shape index (κ2) is 11.6. The van der Waals surface area contributed by atoms with Gasteiger partial charge in [0.25, 0.3) is 5.91 Å². The van der Waals surface area contributed by atoms with Crippen LogP contribution in [0.5, 0.6) is 11.5 Å². The Balaban J connectivity index is 1.64. The third-order valence-corrected chi connectivity index (χ3v) is 5.67. The molecular weight excluding hydrogens is 438 g/mol. The molecule has 0 bridgehead atoms. The van der Waals surface area contributed by atoms with Crippen LogP contribution in [0.1, 0.15) is 21.5 Å². The number of amides is 2. The minimum absolute atomic E-state index is 0.199. The van der Waals surface area contributed by atoms with Crippen molar-refractivity contribution in [2.24, 2.45) is 0 Å². The molecule has 0 saturated heterocycles. The molecule has 0 fully saturated rings. The number of hydrogen-bond acceptors (Lipinski definition) is 6. The molecule has 0 aliphatic heterocycles. The van der Waals surface area contributed by atoms with Gasteiger partial charge in [-0.05, 0) is 29.8 Å². The first-order chi connectivity index (χ1) is 16.0. The Morgan fingerprint density at radius 1 is 0.909 bits per heavy atom. The first-order valence-electron chi connectivity index (χ1n) is 10.0. The SMILES string of the molecule is COc1cc(NC(=O)c2ccccc2)c(OC)cc1NC(=O)CSCc1ccc(C#N)cc1. The highest BCUT2D eigenvalue weighted by molar-refractivity contribution is 7.99. The first kappa shape index (κ1) is 23.7. The van der Waals surface area contributed by atoms with Crippen LogP contribution < -0.4 is 20.1 Å². The lowest BCUT2D eigenvalue weighted by atomic mass is 10.2. The zero-order chi connectivity index (χ0) is 23.6. The van der Waals surface area contributed by atoms with Gasteiger partial charge in [0.1, 0.15) is 11.5 Å². The van der Waals surface area contributed by atoms with E-state index in [1.54, 1.807) is 48.5 Å². The molecule has 0 radical (unpaired) electrons. The maximum Gasteiger partial charge on any atom is 0.255 e. The average Bonchev–Trinajstić information content (AvgIpc) is 2.85. The van der Waals surface area contributed by atoms with Gasteiger partial charge in [-0.3, -0.25) is 9.59 Å². The average molecular weight is 462 g/mol. The maximum absolute atomic E-state index is 12.5. The van der Waals surface area contributed by atoms with Crippen LogP contribution in [0.2, 0.25) is 0 Å². The van der Waals surface area contributed by atoms with E-state index >= 15 is 0 Å². The second-order valence-corrected chi connectivity index (χ2v) is 7.91. The number of nitrogens with one attached hydrogen (secondary N) is 2. The van der Waals surface area contributed by atoms with Gasteiger partial charge in [0.15, 0.2) is 0 Å². The fourth-order valence-electron chi connectivity index (χ4n) is 3.00. The van der Waals surface area contributed by atoms with Crippen molar-refractivity contribution in [3.8, 4) is 17.6 Å². The number of nitriles is 1. The van der Waals surface area contributed by atoms with Crippen LogP contribution >= 0.6 is 11.8 Å². The molecule has 0 spiro atoms. The molecule has 2 amide bonds. The molecule has 3 aromatic rings. The summed E-state index contributed by atoms with van der Waals surface area (Å²) < 4.78 is 10.8. The van der Waals surface area contributed by atoms with Gasteiger partial charge in [-0.2, -0.15) is 5.26 Å². The van der Waals surface area contributed by atoms with Crippen LogP contribution in [0.3, 0.4) is 0 Å². The highest BCUT2D eigenvalue weighted by Crippen LogP contribution is 2.36. The third-order valence-electron chi connectivity index (χ3n) is 4.66. The number of rotatable bonds is 9. The van der Waals surface area contributed by atoms with E-state index in [9.17, 15) is 9.59 Å². The Morgan fingerprint density at radius 2 is 1.52 bits per heavy atom. The van der Waals surface area contributed by atoms with Crippen LogP contribution in [0.4, 0.5) is 11.4 Å². The first-order valence-corrected chi connectivity index (χ1v) is 11.2. The van der Waals surface area contributed by atoms with Crippen molar-refractivity contribution in [2.45, 2.75) is 5.75 Å². The van der Waals surface area contributed by atoms with E-state index in [0.717, 1.165) is 5.56 Å². The summed E-state index contributed by atoms with van der Waals surface area (Å²) in [5, 5.41) is 14.5. The van der Waals surface area contributed by atoms with Gasteiger partial charge in [-0.15, -0.1) is 11.8 Å². The van der Waals surface area contributed by atoms with Crippen molar-refractivity contribution in [3.63, 3.8) is 0 Å². The molecule has 3 rings (SSSR count). The molecule has 2 N–H and O–H groups in total. The molecule has 8 heteroatoms. The van der Waals surface area contributed by atoms with E-state index in [-0.39, 0.29) is 17.6 Å². The summed E-state index contributed by atoms with van der Waals surface area (Å²) in [6, 6.07) is 21.4. The van der Waals surface area contributed by atoms with Crippen molar-refractivity contribution >= 4 is 35.0 Å². The van der Waals surface area contributed by atoms with Crippen molar-refractivity contribution in [3.05, 3.63) is 83.4 Å². The van der Waals surface area contributed by atoms with E-state index in [0.29, 0.717) is 39.8 Å². The summed E-state index contributed by atoms with van der Waals surface area (Å²) in [6.07, 6.45) is 0. The quantitative estimate of drug-likeness (QED) is 0.479. The topological polar surface area (TPSA) is 100 Å². The van der Waals surface area contributed by atoms with Crippen LogP contribution in [0.15, 0.2) is 66.7 Å². The number of hydrogen-bond donors (Lipinski definition) is 2. The third kappa shape index (κ3) is 6.51. The zero-order valence-electron chi connectivity index (χ0n) is 18.3. The minimum atomic E-state index is -0.285. The van der Waals surface area contributed by atoms with Crippen molar-refractivity contribution in [1.82, 2.24) is 0 Å². The van der Waals surface area contributed by atoms with E-state index in [1.807, 2.05) is 18.2 Å². The molecule has 0 saturated carbocycles. The number of thioether (sulfide) groups is 1. The van der Waals surface area contributed by atoms with Gasteiger partial charge in [0, 0.05) is 23.4 Å².